The molecule has 0 amide bonds. The number of nitrogens with two attached hydrogens (primary N) is 1. The van der Waals surface area contributed by atoms with Gasteiger partial charge in [-0.15, -0.1) is 0 Å². The van der Waals surface area contributed by atoms with Gasteiger partial charge in [-0.3, -0.25) is 0 Å². The number of nitrogen functional groups attached to an aromatic ring is 1. The van der Waals surface area contributed by atoms with Gasteiger partial charge in [-0.05, 0) is 30.2 Å². The summed E-state index contributed by atoms with van der Waals surface area (Å²) in [7, 11) is 0. The summed E-state index contributed by atoms with van der Waals surface area (Å²) in [6, 6.07) is 18.5. The van der Waals surface area contributed by atoms with Gasteiger partial charge in [0.2, 0.25) is 0 Å². The molecule has 0 atom stereocenters. The first-order valence-electron chi connectivity index (χ1n) is 5.96. The molecule has 0 saturated heterocycles. The summed E-state index contributed by atoms with van der Waals surface area (Å²) >= 11 is 0. The number of anilines is 1. The van der Waals surface area contributed by atoms with E-state index in [2.05, 4.69) is 36.2 Å². The molecule has 2 N–H and O–H groups in total. The highest BCUT2D eigenvalue weighted by atomic mass is 14.8. The molecule has 0 saturated carbocycles. The summed E-state index contributed by atoms with van der Waals surface area (Å²) in [5.74, 6) is 0.583. The average molecular weight is 234 g/mol. The van der Waals surface area contributed by atoms with Crippen molar-refractivity contribution in [2.75, 3.05) is 5.73 Å². The summed E-state index contributed by atoms with van der Waals surface area (Å²) in [5.41, 5.74) is 10.3. The first kappa shape index (κ1) is 10.8. The van der Waals surface area contributed by atoms with E-state index in [1.54, 1.807) is 0 Å². The number of pyridine rings is 1. The van der Waals surface area contributed by atoms with Crippen LogP contribution in [0.3, 0.4) is 0 Å². The fourth-order valence-corrected chi connectivity index (χ4v) is 2.14. The van der Waals surface area contributed by atoms with E-state index in [0.29, 0.717) is 5.82 Å². The molecule has 2 heteroatoms. The Hall–Kier alpha value is -2.35. The molecule has 0 aliphatic carbocycles. The average Bonchev–Trinajstić information content (AvgIpc) is 2.39. The van der Waals surface area contributed by atoms with Crippen LogP contribution in [0, 0.1) is 6.92 Å². The van der Waals surface area contributed by atoms with E-state index in [9.17, 15) is 0 Å². The van der Waals surface area contributed by atoms with Gasteiger partial charge < -0.3 is 5.73 Å². The van der Waals surface area contributed by atoms with Crippen molar-refractivity contribution in [1.82, 2.24) is 4.98 Å². The predicted octanol–water partition coefficient (Wildman–Crippen LogP) is 3.79. The fraction of sp³-hybridized carbons (Fsp3) is 0.0625. The van der Waals surface area contributed by atoms with E-state index in [4.69, 9.17) is 5.73 Å². The lowest BCUT2D eigenvalue weighted by Gasteiger charge is -2.07. The molecule has 0 spiro atoms. The van der Waals surface area contributed by atoms with E-state index in [1.165, 1.54) is 5.56 Å². The van der Waals surface area contributed by atoms with E-state index in [-0.39, 0.29) is 0 Å². The summed E-state index contributed by atoms with van der Waals surface area (Å²) < 4.78 is 0. The quantitative estimate of drug-likeness (QED) is 0.695. The molecule has 0 aliphatic heterocycles. The number of fused-ring (bicyclic) bond motifs is 1. The first-order chi connectivity index (χ1) is 8.74. The topological polar surface area (TPSA) is 38.9 Å². The largest absolute Gasteiger partial charge is 0.383 e. The third-order valence-electron chi connectivity index (χ3n) is 3.09. The number of hydrogen-bond acceptors (Lipinski definition) is 2. The van der Waals surface area contributed by atoms with Gasteiger partial charge in [0.25, 0.3) is 0 Å². The van der Waals surface area contributed by atoms with Crippen molar-refractivity contribution >= 4 is 16.7 Å². The van der Waals surface area contributed by atoms with E-state index in [0.717, 1.165) is 22.0 Å². The minimum atomic E-state index is 0.583. The van der Waals surface area contributed by atoms with Crippen LogP contribution < -0.4 is 5.73 Å². The van der Waals surface area contributed by atoms with Gasteiger partial charge in [-0.2, -0.15) is 0 Å². The van der Waals surface area contributed by atoms with Crippen LogP contribution in [-0.4, -0.2) is 4.98 Å². The summed E-state index contributed by atoms with van der Waals surface area (Å²) in [5, 5.41) is 1.12. The van der Waals surface area contributed by atoms with Crippen LogP contribution in [0.4, 0.5) is 5.82 Å². The summed E-state index contributed by atoms with van der Waals surface area (Å²) in [6.45, 7) is 2.06. The van der Waals surface area contributed by atoms with Crippen LogP contribution in [0.2, 0.25) is 0 Å². The Kier molecular flexibility index (Phi) is 2.49. The van der Waals surface area contributed by atoms with Crippen LogP contribution in [0.15, 0.2) is 54.6 Å². The van der Waals surface area contributed by atoms with Crippen LogP contribution in [0.1, 0.15) is 5.56 Å². The van der Waals surface area contributed by atoms with Crippen molar-refractivity contribution in [1.29, 1.82) is 0 Å². The van der Waals surface area contributed by atoms with Crippen molar-refractivity contribution in [3.05, 3.63) is 60.2 Å². The van der Waals surface area contributed by atoms with Crippen LogP contribution in [0.5, 0.6) is 0 Å². The zero-order valence-electron chi connectivity index (χ0n) is 10.2. The van der Waals surface area contributed by atoms with Crippen LogP contribution in [0.25, 0.3) is 22.0 Å². The number of aromatic nitrogens is 1. The van der Waals surface area contributed by atoms with Gasteiger partial charge in [-0.1, -0.05) is 42.5 Å². The third kappa shape index (κ3) is 1.82. The molecule has 0 unspecified atom stereocenters. The molecule has 88 valence electrons. The van der Waals surface area contributed by atoms with Gasteiger partial charge in [0.15, 0.2) is 0 Å². The zero-order chi connectivity index (χ0) is 12.5. The maximum absolute atomic E-state index is 6.06. The van der Waals surface area contributed by atoms with Crippen molar-refractivity contribution in [3.63, 3.8) is 0 Å². The maximum Gasteiger partial charge on any atom is 0.131 e. The number of benzene rings is 2. The smallest absolute Gasteiger partial charge is 0.131 e. The normalized spacial score (nSPS) is 10.7. The second-order valence-corrected chi connectivity index (χ2v) is 4.48. The lowest BCUT2D eigenvalue weighted by molar-refractivity contribution is 1.39. The van der Waals surface area contributed by atoms with Gasteiger partial charge in [0.1, 0.15) is 5.82 Å². The Labute approximate surface area is 106 Å². The molecular formula is C16H14N2. The molecule has 1 heterocycles. The van der Waals surface area contributed by atoms with Crippen molar-refractivity contribution in [2.24, 2.45) is 0 Å². The molecule has 3 aromatic rings. The van der Waals surface area contributed by atoms with Gasteiger partial charge in [0, 0.05) is 10.9 Å². The third-order valence-corrected chi connectivity index (χ3v) is 3.09. The number of aryl methyl sites for hydroxylation is 1. The minimum Gasteiger partial charge on any atom is -0.383 e. The molecule has 18 heavy (non-hydrogen) atoms. The standard InChI is InChI=1S/C16H14N2/c1-11-7-8-13-10-14(12-5-3-2-4-6-12)16(17)18-15(13)9-11/h2-10H,1H3,(H2,17,18). The molecule has 3 rings (SSSR count). The number of nitrogens with zero attached hydrogens (tertiary/aromatic N) is 1. The van der Waals surface area contributed by atoms with Crippen molar-refractivity contribution < 1.29 is 0 Å². The predicted molar refractivity (Wildman–Crippen MR) is 76.3 cm³/mol. The molecule has 0 aliphatic rings. The highest BCUT2D eigenvalue weighted by Crippen LogP contribution is 2.28. The fourth-order valence-electron chi connectivity index (χ4n) is 2.14. The second kappa shape index (κ2) is 4.15. The lowest BCUT2D eigenvalue weighted by Crippen LogP contribution is -1.95. The Bertz CT molecular complexity index is 703. The number of rotatable bonds is 1. The molecule has 0 fully saturated rings. The highest BCUT2D eigenvalue weighted by Gasteiger charge is 2.06. The van der Waals surface area contributed by atoms with Crippen LogP contribution in [-0.2, 0) is 0 Å². The van der Waals surface area contributed by atoms with Crippen molar-refractivity contribution in [2.45, 2.75) is 6.92 Å². The molecular weight excluding hydrogens is 220 g/mol. The first-order valence-corrected chi connectivity index (χ1v) is 5.96. The number of hydrogen-bond donors (Lipinski definition) is 1. The van der Waals surface area contributed by atoms with Gasteiger partial charge >= 0.3 is 0 Å². The molecule has 0 bridgehead atoms. The van der Waals surface area contributed by atoms with E-state index in [1.807, 2.05) is 30.3 Å². The zero-order valence-corrected chi connectivity index (χ0v) is 10.2. The molecule has 2 nitrogen and oxygen atoms in total. The minimum absolute atomic E-state index is 0.583. The van der Waals surface area contributed by atoms with Crippen molar-refractivity contribution in [3.8, 4) is 11.1 Å². The Balaban J connectivity index is 2.25. The molecule has 2 aromatic carbocycles. The summed E-state index contributed by atoms with van der Waals surface area (Å²) in [6.07, 6.45) is 0. The lowest BCUT2D eigenvalue weighted by atomic mass is 10.0. The maximum atomic E-state index is 6.06. The van der Waals surface area contributed by atoms with Crippen LogP contribution >= 0.6 is 0 Å². The SMILES string of the molecule is Cc1ccc2cc(-c3ccccc3)c(N)nc2c1. The van der Waals surface area contributed by atoms with E-state index < -0.39 is 0 Å². The van der Waals surface area contributed by atoms with E-state index >= 15 is 0 Å². The Morgan fingerprint density at radius 2 is 1.72 bits per heavy atom. The molecule has 0 radical (unpaired) electrons. The monoisotopic (exact) mass is 234 g/mol. The summed E-state index contributed by atoms with van der Waals surface area (Å²) in [4.78, 5) is 4.49. The highest BCUT2D eigenvalue weighted by molar-refractivity contribution is 5.89. The van der Waals surface area contributed by atoms with Gasteiger partial charge in [0.05, 0.1) is 5.52 Å². The Morgan fingerprint density at radius 1 is 0.944 bits per heavy atom. The second-order valence-electron chi connectivity index (χ2n) is 4.48. The Morgan fingerprint density at radius 3 is 2.50 bits per heavy atom. The van der Waals surface area contributed by atoms with Gasteiger partial charge in [-0.25, -0.2) is 4.98 Å². The molecule has 1 aromatic heterocycles.